The minimum absolute atomic E-state index is 0.287. The number of hydrogen-bond donors (Lipinski definition) is 1. The van der Waals surface area contributed by atoms with Crippen LogP contribution in [0.1, 0.15) is 27.0 Å². The number of methoxy groups -OCH3 is 1. The van der Waals surface area contributed by atoms with Gasteiger partial charge in [-0.3, -0.25) is 4.79 Å². The van der Waals surface area contributed by atoms with Crippen LogP contribution in [0.4, 0.5) is 0 Å². The first-order valence-electron chi connectivity index (χ1n) is 7.51. The average molecular weight is 311 g/mol. The van der Waals surface area contributed by atoms with Gasteiger partial charge in [-0.2, -0.15) is 0 Å². The van der Waals surface area contributed by atoms with E-state index in [0.29, 0.717) is 12.0 Å². The summed E-state index contributed by atoms with van der Waals surface area (Å²) >= 11 is 0. The predicted molar refractivity (Wildman–Crippen MR) is 89.3 cm³/mol. The van der Waals surface area contributed by atoms with Crippen LogP contribution in [-0.4, -0.2) is 25.0 Å². The first kappa shape index (κ1) is 16.7. The number of aryl methyl sites for hydroxylation is 2. The van der Waals surface area contributed by atoms with Gasteiger partial charge in [0, 0.05) is 12.0 Å². The van der Waals surface area contributed by atoms with Gasteiger partial charge < -0.3 is 10.1 Å². The van der Waals surface area contributed by atoms with Crippen molar-refractivity contribution in [1.29, 1.82) is 0 Å². The zero-order chi connectivity index (χ0) is 16.8. The Morgan fingerprint density at radius 3 is 2.35 bits per heavy atom. The largest absolute Gasteiger partial charge is 0.467 e. The van der Waals surface area contributed by atoms with Gasteiger partial charge in [-0.25, -0.2) is 4.79 Å². The average Bonchev–Trinajstić information content (AvgIpc) is 2.57. The van der Waals surface area contributed by atoms with Crippen molar-refractivity contribution in [3.8, 4) is 0 Å². The van der Waals surface area contributed by atoms with Crippen molar-refractivity contribution >= 4 is 11.9 Å². The van der Waals surface area contributed by atoms with Gasteiger partial charge in [-0.1, -0.05) is 36.4 Å². The summed E-state index contributed by atoms with van der Waals surface area (Å²) in [5, 5.41) is 2.75. The number of benzene rings is 2. The fraction of sp³-hybridized carbons (Fsp3) is 0.263. The summed E-state index contributed by atoms with van der Waals surface area (Å²) in [7, 11) is 1.32. The van der Waals surface area contributed by atoms with Gasteiger partial charge in [0.25, 0.3) is 5.91 Å². The maximum Gasteiger partial charge on any atom is 0.328 e. The monoisotopic (exact) mass is 311 g/mol. The van der Waals surface area contributed by atoms with E-state index in [2.05, 4.69) is 5.32 Å². The normalized spacial score (nSPS) is 11.6. The lowest BCUT2D eigenvalue weighted by molar-refractivity contribution is -0.142. The van der Waals surface area contributed by atoms with E-state index in [1.54, 1.807) is 24.3 Å². The number of hydrogen-bond acceptors (Lipinski definition) is 3. The van der Waals surface area contributed by atoms with Crippen LogP contribution in [0, 0.1) is 13.8 Å². The Morgan fingerprint density at radius 2 is 1.74 bits per heavy atom. The van der Waals surface area contributed by atoms with Crippen LogP contribution in [0.15, 0.2) is 48.5 Å². The highest BCUT2D eigenvalue weighted by Gasteiger charge is 2.22. The van der Waals surface area contributed by atoms with Gasteiger partial charge in [0.2, 0.25) is 0 Å². The summed E-state index contributed by atoms with van der Waals surface area (Å²) in [6.45, 7) is 4.06. The summed E-state index contributed by atoms with van der Waals surface area (Å²) in [5.41, 5.74) is 3.84. The Hall–Kier alpha value is -2.62. The summed E-state index contributed by atoms with van der Waals surface area (Å²) in [4.78, 5) is 24.3. The molecule has 2 aromatic rings. The highest BCUT2D eigenvalue weighted by Crippen LogP contribution is 2.12. The number of amides is 1. The quantitative estimate of drug-likeness (QED) is 0.864. The Morgan fingerprint density at radius 1 is 1.04 bits per heavy atom. The number of carbonyl (C=O) groups excluding carboxylic acids is 2. The molecule has 23 heavy (non-hydrogen) atoms. The summed E-state index contributed by atoms with van der Waals surface area (Å²) in [6, 6.07) is 14.1. The van der Waals surface area contributed by atoms with Gasteiger partial charge in [-0.15, -0.1) is 0 Å². The van der Waals surface area contributed by atoms with Crippen molar-refractivity contribution in [3.63, 3.8) is 0 Å². The van der Waals surface area contributed by atoms with Gasteiger partial charge in [0.1, 0.15) is 6.04 Å². The Balaban J connectivity index is 2.15. The molecule has 0 unspecified atom stereocenters. The van der Waals surface area contributed by atoms with E-state index >= 15 is 0 Å². The Labute approximate surface area is 136 Å². The van der Waals surface area contributed by atoms with Crippen molar-refractivity contribution in [2.24, 2.45) is 0 Å². The molecule has 0 aliphatic carbocycles. The second kappa shape index (κ2) is 7.58. The number of carbonyl (C=O) groups is 2. The first-order chi connectivity index (χ1) is 11.0. The van der Waals surface area contributed by atoms with Crippen molar-refractivity contribution in [2.45, 2.75) is 26.3 Å². The molecule has 0 aromatic heterocycles. The molecule has 120 valence electrons. The number of ether oxygens (including phenoxy) is 1. The highest BCUT2D eigenvalue weighted by atomic mass is 16.5. The zero-order valence-corrected chi connectivity index (χ0v) is 13.6. The number of esters is 1. The lowest BCUT2D eigenvalue weighted by Crippen LogP contribution is -2.43. The molecule has 1 amide bonds. The lowest BCUT2D eigenvalue weighted by atomic mass is 10.0. The maximum atomic E-state index is 12.3. The maximum absolute atomic E-state index is 12.3. The van der Waals surface area contributed by atoms with Crippen LogP contribution < -0.4 is 5.32 Å². The molecule has 1 atom stereocenters. The molecule has 1 N–H and O–H groups in total. The zero-order valence-electron chi connectivity index (χ0n) is 13.6. The van der Waals surface area contributed by atoms with Crippen molar-refractivity contribution < 1.29 is 14.3 Å². The summed E-state index contributed by atoms with van der Waals surface area (Å²) < 4.78 is 4.82. The van der Waals surface area contributed by atoms with Crippen LogP contribution in [0.2, 0.25) is 0 Å². The molecule has 0 bridgehead atoms. The molecule has 4 heteroatoms. The van der Waals surface area contributed by atoms with Crippen molar-refractivity contribution in [3.05, 3.63) is 70.8 Å². The molecule has 0 aliphatic rings. The fourth-order valence-corrected chi connectivity index (χ4v) is 2.33. The van der Waals surface area contributed by atoms with E-state index in [4.69, 9.17) is 4.74 Å². The van der Waals surface area contributed by atoms with E-state index in [9.17, 15) is 9.59 Å². The third kappa shape index (κ3) is 4.42. The topological polar surface area (TPSA) is 55.4 Å². The molecular formula is C19H21NO3. The number of nitrogens with one attached hydrogen (secondary N) is 1. The second-order valence-electron chi connectivity index (χ2n) is 5.54. The van der Waals surface area contributed by atoms with Crippen LogP contribution in [0.3, 0.4) is 0 Å². The molecule has 2 rings (SSSR count). The highest BCUT2D eigenvalue weighted by molar-refractivity contribution is 5.96. The molecule has 2 aromatic carbocycles. The minimum atomic E-state index is -0.713. The van der Waals surface area contributed by atoms with E-state index in [-0.39, 0.29) is 5.91 Å². The fourth-order valence-electron chi connectivity index (χ4n) is 2.33. The molecule has 0 fully saturated rings. The second-order valence-corrected chi connectivity index (χ2v) is 5.54. The molecule has 0 heterocycles. The van der Waals surface area contributed by atoms with E-state index in [1.165, 1.54) is 12.7 Å². The van der Waals surface area contributed by atoms with Crippen LogP contribution in [0.25, 0.3) is 0 Å². The van der Waals surface area contributed by atoms with Gasteiger partial charge in [0.05, 0.1) is 7.11 Å². The van der Waals surface area contributed by atoms with E-state index in [1.807, 2.05) is 38.1 Å². The van der Waals surface area contributed by atoms with Gasteiger partial charge >= 0.3 is 5.97 Å². The summed E-state index contributed by atoms with van der Waals surface area (Å²) in [5.74, 6) is -0.739. The lowest BCUT2D eigenvalue weighted by Gasteiger charge is -2.17. The SMILES string of the molecule is COC(=O)[C@@H](Cc1ccc(C)c(C)c1)NC(=O)c1ccccc1. The smallest absolute Gasteiger partial charge is 0.328 e. The Kier molecular flexibility index (Phi) is 5.52. The van der Waals surface area contributed by atoms with Crippen molar-refractivity contribution in [1.82, 2.24) is 5.32 Å². The molecule has 0 radical (unpaired) electrons. The van der Waals surface area contributed by atoms with Crippen LogP contribution in [0.5, 0.6) is 0 Å². The van der Waals surface area contributed by atoms with E-state index < -0.39 is 12.0 Å². The Bertz CT molecular complexity index is 695. The van der Waals surface area contributed by atoms with Gasteiger partial charge in [-0.05, 0) is 42.7 Å². The molecular weight excluding hydrogens is 290 g/mol. The molecule has 0 saturated heterocycles. The standard InChI is InChI=1S/C19H21NO3/c1-13-9-10-15(11-14(13)2)12-17(19(22)23-3)20-18(21)16-7-5-4-6-8-16/h4-11,17H,12H2,1-3H3,(H,20,21)/t17-/m1/s1. The molecule has 4 nitrogen and oxygen atoms in total. The third-order valence-corrected chi connectivity index (χ3v) is 3.84. The van der Waals surface area contributed by atoms with Crippen LogP contribution >= 0.6 is 0 Å². The third-order valence-electron chi connectivity index (χ3n) is 3.84. The van der Waals surface area contributed by atoms with E-state index in [0.717, 1.165) is 11.1 Å². The minimum Gasteiger partial charge on any atom is -0.467 e. The predicted octanol–water partition coefficient (Wildman–Crippen LogP) is 2.82. The van der Waals surface area contributed by atoms with Crippen molar-refractivity contribution in [2.75, 3.05) is 7.11 Å². The first-order valence-corrected chi connectivity index (χ1v) is 7.51. The van der Waals surface area contributed by atoms with Crippen LogP contribution in [-0.2, 0) is 16.0 Å². The molecule has 0 spiro atoms. The molecule has 0 aliphatic heterocycles. The van der Waals surface area contributed by atoms with Gasteiger partial charge in [0.15, 0.2) is 0 Å². The molecule has 0 saturated carbocycles. The summed E-state index contributed by atoms with van der Waals surface area (Å²) in [6.07, 6.45) is 0.395. The number of rotatable bonds is 5.